The Labute approximate surface area is 136 Å². The number of nitrogens with zero attached hydrogens (tertiary/aromatic N) is 2. The van der Waals surface area contributed by atoms with Crippen molar-refractivity contribution in [3.63, 3.8) is 0 Å². The van der Waals surface area contributed by atoms with E-state index in [-0.39, 0.29) is 36.0 Å². The Bertz CT molecular complexity index is 750. The molecule has 1 saturated carbocycles. The van der Waals surface area contributed by atoms with Gasteiger partial charge in [0, 0.05) is 12.2 Å². The summed E-state index contributed by atoms with van der Waals surface area (Å²) in [5.74, 6) is 0.354. The highest BCUT2D eigenvalue weighted by Crippen LogP contribution is 2.34. The molecular weight excluding hydrogens is 314 g/mol. The SMILES string of the molecule is N#Cc1cccc(NC(=O)N2CCS(=O)(=O)CC2C2CCC2)c1. The number of amides is 2. The summed E-state index contributed by atoms with van der Waals surface area (Å²) >= 11 is 0. The summed E-state index contributed by atoms with van der Waals surface area (Å²) in [5, 5.41) is 11.7. The molecule has 23 heavy (non-hydrogen) atoms. The van der Waals surface area contributed by atoms with E-state index in [2.05, 4.69) is 5.32 Å². The van der Waals surface area contributed by atoms with Gasteiger partial charge in [-0.1, -0.05) is 12.5 Å². The molecule has 0 radical (unpaired) electrons. The predicted octanol–water partition coefficient (Wildman–Crippen LogP) is 1.99. The minimum Gasteiger partial charge on any atom is -0.319 e. The van der Waals surface area contributed by atoms with Crippen LogP contribution in [0.4, 0.5) is 10.5 Å². The molecule has 3 rings (SSSR count). The lowest BCUT2D eigenvalue weighted by atomic mass is 9.79. The zero-order valence-electron chi connectivity index (χ0n) is 12.7. The van der Waals surface area contributed by atoms with Gasteiger partial charge in [0.25, 0.3) is 0 Å². The predicted molar refractivity (Wildman–Crippen MR) is 86.7 cm³/mol. The largest absolute Gasteiger partial charge is 0.322 e. The third-order valence-electron chi connectivity index (χ3n) is 4.67. The molecule has 2 fully saturated rings. The summed E-state index contributed by atoms with van der Waals surface area (Å²) in [6.07, 6.45) is 3.06. The summed E-state index contributed by atoms with van der Waals surface area (Å²) in [6, 6.07) is 8.21. The Morgan fingerprint density at radius 3 is 2.78 bits per heavy atom. The van der Waals surface area contributed by atoms with Crippen molar-refractivity contribution in [2.75, 3.05) is 23.4 Å². The number of anilines is 1. The van der Waals surface area contributed by atoms with Crippen molar-refractivity contribution in [3.8, 4) is 6.07 Å². The molecule has 0 spiro atoms. The van der Waals surface area contributed by atoms with Crippen LogP contribution < -0.4 is 5.32 Å². The molecule has 1 aromatic carbocycles. The molecule has 1 aliphatic carbocycles. The number of hydrogen-bond donors (Lipinski definition) is 1. The van der Waals surface area contributed by atoms with E-state index < -0.39 is 9.84 Å². The zero-order valence-corrected chi connectivity index (χ0v) is 13.6. The molecule has 0 aromatic heterocycles. The quantitative estimate of drug-likeness (QED) is 0.896. The Morgan fingerprint density at radius 2 is 2.13 bits per heavy atom. The third-order valence-corrected chi connectivity index (χ3v) is 6.32. The molecule has 1 saturated heterocycles. The van der Waals surface area contributed by atoms with E-state index in [0.29, 0.717) is 11.3 Å². The molecule has 2 aliphatic rings. The maximum absolute atomic E-state index is 12.6. The number of hydrogen-bond acceptors (Lipinski definition) is 4. The van der Waals surface area contributed by atoms with Crippen LogP contribution in [0.25, 0.3) is 0 Å². The molecular formula is C16H19N3O3S. The van der Waals surface area contributed by atoms with Crippen LogP contribution in [0.3, 0.4) is 0 Å². The van der Waals surface area contributed by atoms with E-state index in [9.17, 15) is 13.2 Å². The van der Waals surface area contributed by atoms with Crippen molar-refractivity contribution in [2.45, 2.75) is 25.3 Å². The highest BCUT2D eigenvalue weighted by atomic mass is 32.2. The normalized spacial score (nSPS) is 23.6. The van der Waals surface area contributed by atoms with E-state index in [1.165, 1.54) is 0 Å². The molecule has 6 nitrogen and oxygen atoms in total. The van der Waals surface area contributed by atoms with Gasteiger partial charge in [-0.05, 0) is 37.0 Å². The Balaban J connectivity index is 1.75. The second-order valence-electron chi connectivity index (χ2n) is 6.19. The van der Waals surface area contributed by atoms with Crippen LogP contribution in [-0.4, -0.2) is 43.4 Å². The molecule has 1 heterocycles. The minimum atomic E-state index is -3.07. The molecule has 1 unspecified atom stereocenters. The van der Waals surface area contributed by atoms with Crippen molar-refractivity contribution in [1.29, 1.82) is 5.26 Å². The molecule has 1 aromatic rings. The second-order valence-corrected chi connectivity index (χ2v) is 8.42. The van der Waals surface area contributed by atoms with Crippen LogP contribution >= 0.6 is 0 Å². The molecule has 2 amide bonds. The first kappa shape index (κ1) is 15.8. The summed E-state index contributed by atoms with van der Waals surface area (Å²) in [4.78, 5) is 14.2. The summed E-state index contributed by atoms with van der Waals surface area (Å²) in [6.45, 7) is 0.229. The fraction of sp³-hybridized carbons (Fsp3) is 0.500. The van der Waals surface area contributed by atoms with E-state index in [1.807, 2.05) is 6.07 Å². The van der Waals surface area contributed by atoms with E-state index in [1.54, 1.807) is 29.2 Å². The number of sulfone groups is 1. The third kappa shape index (κ3) is 3.48. The first-order chi connectivity index (χ1) is 11.0. The molecule has 0 bridgehead atoms. The molecule has 1 N–H and O–H groups in total. The number of carbonyl (C=O) groups excluding carboxylic acids is 1. The van der Waals surface area contributed by atoms with Crippen LogP contribution in [0.15, 0.2) is 24.3 Å². The lowest BCUT2D eigenvalue weighted by Gasteiger charge is -2.43. The van der Waals surface area contributed by atoms with Crippen molar-refractivity contribution in [1.82, 2.24) is 4.90 Å². The number of benzene rings is 1. The molecule has 1 atom stereocenters. The summed E-state index contributed by atoms with van der Waals surface area (Å²) in [5.41, 5.74) is 1.02. The molecule has 122 valence electrons. The summed E-state index contributed by atoms with van der Waals surface area (Å²) < 4.78 is 23.8. The Hall–Kier alpha value is -2.07. The fourth-order valence-corrected chi connectivity index (χ4v) is 4.78. The maximum Gasteiger partial charge on any atom is 0.322 e. The van der Waals surface area contributed by atoms with Gasteiger partial charge in [0.05, 0.1) is 29.2 Å². The highest BCUT2D eigenvalue weighted by molar-refractivity contribution is 7.91. The Kier molecular flexibility index (Phi) is 4.26. The van der Waals surface area contributed by atoms with Gasteiger partial charge < -0.3 is 10.2 Å². The van der Waals surface area contributed by atoms with E-state index in [0.717, 1.165) is 19.3 Å². The first-order valence-electron chi connectivity index (χ1n) is 7.77. The lowest BCUT2D eigenvalue weighted by molar-refractivity contribution is 0.131. The van der Waals surface area contributed by atoms with E-state index >= 15 is 0 Å². The first-order valence-corrected chi connectivity index (χ1v) is 9.59. The van der Waals surface area contributed by atoms with Crippen molar-refractivity contribution >= 4 is 21.6 Å². The highest BCUT2D eigenvalue weighted by Gasteiger charge is 2.40. The van der Waals surface area contributed by atoms with Gasteiger partial charge in [0.1, 0.15) is 0 Å². The van der Waals surface area contributed by atoms with E-state index in [4.69, 9.17) is 5.26 Å². The van der Waals surface area contributed by atoms with Crippen LogP contribution in [-0.2, 0) is 9.84 Å². The number of nitriles is 1. The van der Waals surface area contributed by atoms with Gasteiger partial charge in [0.2, 0.25) is 0 Å². The van der Waals surface area contributed by atoms with Gasteiger partial charge in [-0.25, -0.2) is 13.2 Å². The van der Waals surface area contributed by atoms with Gasteiger partial charge in [0.15, 0.2) is 9.84 Å². The van der Waals surface area contributed by atoms with Crippen LogP contribution in [0.1, 0.15) is 24.8 Å². The second kappa shape index (κ2) is 6.20. The average molecular weight is 333 g/mol. The monoisotopic (exact) mass is 333 g/mol. The zero-order chi connectivity index (χ0) is 16.4. The van der Waals surface area contributed by atoms with Crippen molar-refractivity contribution in [2.24, 2.45) is 5.92 Å². The Morgan fingerprint density at radius 1 is 1.35 bits per heavy atom. The van der Waals surface area contributed by atoms with Crippen molar-refractivity contribution in [3.05, 3.63) is 29.8 Å². The number of carbonyl (C=O) groups is 1. The summed E-state index contributed by atoms with van der Waals surface area (Å²) in [7, 11) is -3.07. The minimum absolute atomic E-state index is 0.0157. The van der Waals surface area contributed by atoms with Gasteiger partial charge >= 0.3 is 6.03 Å². The average Bonchev–Trinajstić information content (AvgIpc) is 2.44. The van der Waals surface area contributed by atoms with Crippen LogP contribution in [0.5, 0.6) is 0 Å². The number of nitrogens with one attached hydrogen (secondary N) is 1. The lowest BCUT2D eigenvalue weighted by Crippen LogP contribution is -2.56. The number of rotatable bonds is 2. The topological polar surface area (TPSA) is 90.3 Å². The van der Waals surface area contributed by atoms with Gasteiger partial charge in [-0.3, -0.25) is 0 Å². The van der Waals surface area contributed by atoms with Crippen molar-refractivity contribution < 1.29 is 13.2 Å². The molecule has 7 heteroatoms. The fourth-order valence-electron chi connectivity index (χ4n) is 3.17. The maximum atomic E-state index is 12.6. The van der Waals surface area contributed by atoms with Crippen LogP contribution in [0, 0.1) is 17.2 Å². The smallest absolute Gasteiger partial charge is 0.319 e. The van der Waals surface area contributed by atoms with Crippen LogP contribution in [0.2, 0.25) is 0 Å². The van der Waals surface area contributed by atoms with Gasteiger partial charge in [-0.15, -0.1) is 0 Å². The standard InChI is InChI=1S/C16H19N3O3S/c17-10-12-3-1-6-14(9-12)18-16(20)19-7-8-23(21,22)11-15(19)13-4-2-5-13/h1,3,6,9,13,15H,2,4-5,7-8,11H2,(H,18,20). The van der Waals surface area contributed by atoms with Gasteiger partial charge in [-0.2, -0.15) is 5.26 Å². The number of urea groups is 1. The molecule has 1 aliphatic heterocycles.